The Morgan fingerprint density at radius 2 is 2.16 bits per heavy atom. The van der Waals surface area contributed by atoms with Crippen molar-refractivity contribution in [1.82, 2.24) is 19.3 Å². The molecule has 0 atom stereocenters. The van der Waals surface area contributed by atoms with Crippen LogP contribution in [0.3, 0.4) is 0 Å². The van der Waals surface area contributed by atoms with Crippen LogP contribution in [0.25, 0.3) is 16.7 Å². The summed E-state index contributed by atoms with van der Waals surface area (Å²) in [7, 11) is 1.83. The zero-order chi connectivity index (χ0) is 13.7. The van der Waals surface area contributed by atoms with Crippen LogP contribution in [0.2, 0.25) is 5.02 Å². The SMILES string of the molecule is Cc1nn(C)cc1-n1c(=S)[nH]c2cc(Cl)c(F)cc21. The molecule has 2 heterocycles. The first kappa shape index (κ1) is 12.4. The molecule has 4 nitrogen and oxygen atoms in total. The fourth-order valence-corrected chi connectivity index (χ4v) is 2.62. The number of aromatic nitrogens is 4. The molecule has 0 unspecified atom stereocenters. The Morgan fingerprint density at radius 3 is 2.79 bits per heavy atom. The first-order valence-corrected chi connectivity index (χ1v) is 6.36. The minimum absolute atomic E-state index is 0.0683. The monoisotopic (exact) mass is 296 g/mol. The molecule has 0 aliphatic heterocycles. The molecule has 1 aromatic carbocycles. The van der Waals surface area contributed by atoms with Gasteiger partial charge in [0.1, 0.15) is 5.82 Å². The van der Waals surface area contributed by atoms with Crippen LogP contribution in [0.15, 0.2) is 18.3 Å². The molecule has 2 aromatic heterocycles. The summed E-state index contributed by atoms with van der Waals surface area (Å²) in [6.45, 7) is 1.88. The Labute approximate surface area is 118 Å². The predicted octanol–water partition coefficient (Wildman–Crippen LogP) is 3.52. The van der Waals surface area contributed by atoms with Gasteiger partial charge in [0, 0.05) is 19.3 Å². The molecule has 3 rings (SSSR count). The van der Waals surface area contributed by atoms with Gasteiger partial charge in [0.05, 0.1) is 27.4 Å². The van der Waals surface area contributed by atoms with Gasteiger partial charge in [-0.1, -0.05) is 11.6 Å². The minimum atomic E-state index is -0.474. The highest BCUT2D eigenvalue weighted by Crippen LogP contribution is 2.26. The highest BCUT2D eigenvalue weighted by molar-refractivity contribution is 7.71. The van der Waals surface area contributed by atoms with Gasteiger partial charge < -0.3 is 4.98 Å². The van der Waals surface area contributed by atoms with E-state index < -0.39 is 5.82 Å². The maximum absolute atomic E-state index is 13.6. The maximum atomic E-state index is 13.6. The van der Waals surface area contributed by atoms with Crippen LogP contribution in [0.4, 0.5) is 4.39 Å². The van der Waals surface area contributed by atoms with Gasteiger partial charge in [0.2, 0.25) is 0 Å². The second-order valence-electron chi connectivity index (χ2n) is 4.32. The van der Waals surface area contributed by atoms with Gasteiger partial charge in [-0.15, -0.1) is 0 Å². The zero-order valence-electron chi connectivity index (χ0n) is 10.2. The standard InChI is InChI=1S/C12H10ClFN4S/c1-6-11(5-17(2)16-6)18-10-4-8(14)7(13)3-9(10)15-12(18)19/h3-5H,1-2H3,(H,15,19). The summed E-state index contributed by atoms with van der Waals surface area (Å²) in [5.74, 6) is -0.474. The number of aromatic amines is 1. The lowest BCUT2D eigenvalue weighted by atomic mass is 10.3. The number of hydrogen-bond acceptors (Lipinski definition) is 2. The third kappa shape index (κ3) is 1.87. The van der Waals surface area contributed by atoms with E-state index in [2.05, 4.69) is 10.1 Å². The van der Waals surface area contributed by atoms with Crippen molar-refractivity contribution in [3.63, 3.8) is 0 Å². The van der Waals surface area contributed by atoms with E-state index in [4.69, 9.17) is 23.8 Å². The number of halogens is 2. The number of hydrogen-bond donors (Lipinski definition) is 1. The molecule has 3 aromatic rings. The van der Waals surface area contributed by atoms with Crippen molar-refractivity contribution in [3.05, 3.63) is 39.6 Å². The van der Waals surface area contributed by atoms with E-state index >= 15 is 0 Å². The average molecular weight is 297 g/mol. The highest BCUT2D eigenvalue weighted by atomic mass is 35.5. The van der Waals surface area contributed by atoms with Crippen molar-refractivity contribution in [2.45, 2.75) is 6.92 Å². The third-order valence-corrected chi connectivity index (χ3v) is 3.53. The van der Waals surface area contributed by atoms with E-state index in [1.165, 1.54) is 12.1 Å². The lowest BCUT2D eigenvalue weighted by Gasteiger charge is -2.02. The number of nitrogens with zero attached hydrogens (tertiary/aromatic N) is 3. The second-order valence-corrected chi connectivity index (χ2v) is 5.12. The summed E-state index contributed by atoms with van der Waals surface area (Å²) in [6.07, 6.45) is 1.84. The quantitative estimate of drug-likeness (QED) is 0.698. The molecular formula is C12H10ClFN4S. The molecule has 98 valence electrons. The van der Waals surface area contributed by atoms with Crippen LogP contribution in [0.5, 0.6) is 0 Å². The number of imidazole rings is 1. The summed E-state index contributed by atoms with van der Waals surface area (Å²) < 4.78 is 17.6. The largest absolute Gasteiger partial charge is 0.330 e. The van der Waals surface area contributed by atoms with Crippen LogP contribution >= 0.6 is 23.8 Å². The number of aryl methyl sites for hydroxylation is 2. The van der Waals surface area contributed by atoms with Crippen molar-refractivity contribution in [2.24, 2.45) is 7.05 Å². The van der Waals surface area contributed by atoms with Crippen LogP contribution in [0.1, 0.15) is 5.69 Å². The molecule has 0 aliphatic rings. The van der Waals surface area contributed by atoms with E-state index in [-0.39, 0.29) is 5.02 Å². The molecule has 0 saturated carbocycles. The number of rotatable bonds is 1. The normalized spacial score (nSPS) is 11.4. The number of nitrogens with one attached hydrogen (secondary N) is 1. The smallest absolute Gasteiger partial charge is 0.182 e. The predicted molar refractivity (Wildman–Crippen MR) is 74.9 cm³/mol. The van der Waals surface area contributed by atoms with E-state index in [9.17, 15) is 4.39 Å². The van der Waals surface area contributed by atoms with E-state index in [1.807, 2.05) is 20.2 Å². The van der Waals surface area contributed by atoms with Crippen LogP contribution in [-0.2, 0) is 7.05 Å². The van der Waals surface area contributed by atoms with E-state index in [0.29, 0.717) is 15.8 Å². The molecule has 0 amide bonds. The molecule has 0 fully saturated rings. The molecule has 0 spiro atoms. The molecule has 0 bridgehead atoms. The summed E-state index contributed by atoms with van der Waals surface area (Å²) in [5.41, 5.74) is 2.97. The third-order valence-electron chi connectivity index (χ3n) is 2.95. The maximum Gasteiger partial charge on any atom is 0.182 e. The molecule has 0 aliphatic carbocycles. The van der Waals surface area contributed by atoms with Gasteiger partial charge in [0.15, 0.2) is 4.77 Å². The fourth-order valence-electron chi connectivity index (χ4n) is 2.15. The van der Waals surface area contributed by atoms with Gasteiger partial charge in [-0.2, -0.15) is 5.10 Å². The average Bonchev–Trinajstić information content (AvgIpc) is 2.79. The highest BCUT2D eigenvalue weighted by Gasteiger charge is 2.13. The van der Waals surface area contributed by atoms with E-state index in [0.717, 1.165) is 11.4 Å². The van der Waals surface area contributed by atoms with Gasteiger partial charge in [-0.3, -0.25) is 9.25 Å². The van der Waals surface area contributed by atoms with Crippen LogP contribution < -0.4 is 0 Å². The van der Waals surface area contributed by atoms with Crippen molar-refractivity contribution < 1.29 is 4.39 Å². The van der Waals surface area contributed by atoms with Gasteiger partial charge in [-0.05, 0) is 25.2 Å². The van der Waals surface area contributed by atoms with Crippen molar-refractivity contribution in [1.29, 1.82) is 0 Å². The topological polar surface area (TPSA) is 38.5 Å². The molecule has 0 saturated heterocycles. The Bertz CT molecular complexity index is 845. The van der Waals surface area contributed by atoms with Gasteiger partial charge in [-0.25, -0.2) is 4.39 Å². The molecule has 7 heteroatoms. The van der Waals surface area contributed by atoms with Crippen LogP contribution in [0, 0.1) is 17.5 Å². The Balaban J connectivity index is 2.41. The summed E-state index contributed by atoms with van der Waals surface area (Å²) in [5, 5.41) is 4.34. The lowest BCUT2D eigenvalue weighted by Crippen LogP contribution is -1.95. The minimum Gasteiger partial charge on any atom is -0.330 e. The molecule has 0 radical (unpaired) electrons. The van der Waals surface area contributed by atoms with Crippen molar-refractivity contribution >= 4 is 34.9 Å². The number of H-pyrrole nitrogens is 1. The lowest BCUT2D eigenvalue weighted by molar-refractivity contribution is 0.629. The Morgan fingerprint density at radius 1 is 1.42 bits per heavy atom. The molecular weight excluding hydrogens is 287 g/mol. The first-order valence-electron chi connectivity index (χ1n) is 5.58. The summed E-state index contributed by atoms with van der Waals surface area (Å²) >= 11 is 11.1. The Kier molecular flexibility index (Phi) is 2.72. The van der Waals surface area contributed by atoms with Crippen molar-refractivity contribution in [3.8, 4) is 5.69 Å². The molecule has 1 N–H and O–H groups in total. The van der Waals surface area contributed by atoms with Crippen molar-refractivity contribution in [2.75, 3.05) is 0 Å². The Hall–Kier alpha value is -1.66. The second kappa shape index (κ2) is 4.18. The van der Waals surface area contributed by atoms with Gasteiger partial charge in [0.25, 0.3) is 0 Å². The fraction of sp³-hybridized carbons (Fsp3) is 0.167. The zero-order valence-corrected chi connectivity index (χ0v) is 11.8. The summed E-state index contributed by atoms with van der Waals surface area (Å²) in [6, 6.07) is 2.90. The van der Waals surface area contributed by atoms with Crippen LogP contribution in [-0.4, -0.2) is 19.3 Å². The molecule has 19 heavy (non-hydrogen) atoms. The number of benzene rings is 1. The number of fused-ring (bicyclic) bond motifs is 1. The first-order chi connectivity index (χ1) is 8.97. The van der Waals surface area contributed by atoms with E-state index in [1.54, 1.807) is 9.25 Å². The summed E-state index contributed by atoms with van der Waals surface area (Å²) in [4.78, 5) is 3.02. The van der Waals surface area contributed by atoms with Gasteiger partial charge >= 0.3 is 0 Å².